The highest BCUT2D eigenvalue weighted by molar-refractivity contribution is 9.10. The van der Waals surface area contributed by atoms with Gasteiger partial charge in [-0.1, -0.05) is 39.5 Å². The molecule has 1 aliphatic carbocycles. The van der Waals surface area contributed by atoms with Crippen molar-refractivity contribution in [2.75, 3.05) is 13.1 Å². The van der Waals surface area contributed by atoms with Crippen molar-refractivity contribution in [3.05, 3.63) is 20.8 Å². The van der Waals surface area contributed by atoms with Crippen LogP contribution in [0, 0.1) is 17.8 Å². The fourth-order valence-electron chi connectivity index (χ4n) is 3.10. The molecule has 2 rings (SSSR count). The van der Waals surface area contributed by atoms with Gasteiger partial charge in [0.2, 0.25) is 0 Å². The predicted molar refractivity (Wildman–Crippen MR) is 88.9 cm³/mol. The molecule has 1 unspecified atom stereocenters. The first-order valence-electron chi connectivity index (χ1n) is 7.59. The molecule has 1 atom stereocenters. The van der Waals surface area contributed by atoms with Gasteiger partial charge in [-0.3, -0.25) is 0 Å². The van der Waals surface area contributed by atoms with Crippen molar-refractivity contribution in [3.8, 4) is 0 Å². The van der Waals surface area contributed by atoms with Crippen molar-refractivity contribution in [3.63, 3.8) is 0 Å². The zero-order valence-electron chi connectivity index (χ0n) is 12.1. The van der Waals surface area contributed by atoms with E-state index in [1.807, 2.05) is 11.3 Å². The SMILES string of the molecule is CC(C)CNCC(Cc1sccc1Br)C1CCCC1. The molecule has 1 aromatic heterocycles. The summed E-state index contributed by atoms with van der Waals surface area (Å²) in [4.78, 5) is 1.53. The molecule has 0 aromatic carbocycles. The Morgan fingerprint density at radius 1 is 1.32 bits per heavy atom. The maximum atomic E-state index is 3.68. The second-order valence-electron chi connectivity index (χ2n) is 6.25. The summed E-state index contributed by atoms with van der Waals surface area (Å²) >= 11 is 5.59. The summed E-state index contributed by atoms with van der Waals surface area (Å²) in [5, 5.41) is 5.88. The molecule has 3 heteroatoms. The van der Waals surface area contributed by atoms with E-state index in [-0.39, 0.29) is 0 Å². The fraction of sp³-hybridized carbons (Fsp3) is 0.750. The Labute approximate surface area is 130 Å². The number of nitrogens with one attached hydrogen (secondary N) is 1. The van der Waals surface area contributed by atoms with Crippen molar-refractivity contribution in [2.24, 2.45) is 17.8 Å². The van der Waals surface area contributed by atoms with Gasteiger partial charge in [-0.15, -0.1) is 11.3 Å². The maximum Gasteiger partial charge on any atom is 0.0314 e. The Morgan fingerprint density at radius 3 is 2.63 bits per heavy atom. The molecule has 1 N–H and O–H groups in total. The highest BCUT2D eigenvalue weighted by Crippen LogP contribution is 2.35. The lowest BCUT2D eigenvalue weighted by Gasteiger charge is -2.24. The molecule has 1 aromatic rings. The third kappa shape index (κ3) is 4.87. The molecule has 1 nitrogen and oxygen atoms in total. The van der Waals surface area contributed by atoms with Gasteiger partial charge >= 0.3 is 0 Å². The highest BCUT2D eigenvalue weighted by Gasteiger charge is 2.25. The average molecular weight is 344 g/mol. The van der Waals surface area contributed by atoms with Gasteiger partial charge in [0.15, 0.2) is 0 Å². The lowest BCUT2D eigenvalue weighted by Crippen LogP contribution is -2.31. The molecule has 1 saturated carbocycles. The van der Waals surface area contributed by atoms with Crippen LogP contribution in [0.4, 0.5) is 0 Å². The van der Waals surface area contributed by atoms with Gasteiger partial charge in [-0.25, -0.2) is 0 Å². The lowest BCUT2D eigenvalue weighted by molar-refractivity contribution is 0.317. The van der Waals surface area contributed by atoms with Crippen LogP contribution in [0.2, 0.25) is 0 Å². The van der Waals surface area contributed by atoms with Crippen LogP contribution in [0.15, 0.2) is 15.9 Å². The minimum Gasteiger partial charge on any atom is -0.316 e. The monoisotopic (exact) mass is 343 g/mol. The van der Waals surface area contributed by atoms with Crippen molar-refractivity contribution >= 4 is 27.3 Å². The van der Waals surface area contributed by atoms with Gasteiger partial charge in [-0.05, 0) is 64.6 Å². The van der Waals surface area contributed by atoms with E-state index < -0.39 is 0 Å². The van der Waals surface area contributed by atoms with Gasteiger partial charge in [-0.2, -0.15) is 0 Å². The number of rotatable bonds is 7. The van der Waals surface area contributed by atoms with Crippen molar-refractivity contribution in [2.45, 2.75) is 46.0 Å². The maximum absolute atomic E-state index is 3.68. The van der Waals surface area contributed by atoms with E-state index in [2.05, 4.69) is 46.5 Å². The van der Waals surface area contributed by atoms with Gasteiger partial charge < -0.3 is 5.32 Å². The second-order valence-corrected chi connectivity index (χ2v) is 8.11. The fourth-order valence-corrected chi connectivity index (χ4v) is 4.71. The number of hydrogen-bond donors (Lipinski definition) is 1. The molecule has 1 heterocycles. The van der Waals surface area contributed by atoms with E-state index in [9.17, 15) is 0 Å². The van der Waals surface area contributed by atoms with Crippen LogP contribution in [-0.4, -0.2) is 13.1 Å². The number of halogens is 1. The molecule has 0 aliphatic heterocycles. The average Bonchev–Trinajstić information content (AvgIpc) is 2.99. The first-order chi connectivity index (χ1) is 9.16. The van der Waals surface area contributed by atoms with Crippen LogP contribution >= 0.6 is 27.3 Å². The molecule has 0 saturated heterocycles. The molecule has 0 bridgehead atoms. The molecule has 1 aliphatic rings. The van der Waals surface area contributed by atoms with Crippen molar-refractivity contribution in [1.82, 2.24) is 5.32 Å². The Balaban J connectivity index is 1.91. The molecular formula is C16H26BrNS. The smallest absolute Gasteiger partial charge is 0.0314 e. The summed E-state index contributed by atoms with van der Waals surface area (Å²) in [6.45, 7) is 6.91. The summed E-state index contributed by atoms with van der Waals surface area (Å²) < 4.78 is 1.31. The van der Waals surface area contributed by atoms with E-state index >= 15 is 0 Å². The van der Waals surface area contributed by atoms with E-state index in [1.165, 1.54) is 48.0 Å². The van der Waals surface area contributed by atoms with Crippen molar-refractivity contribution in [1.29, 1.82) is 0 Å². The number of hydrogen-bond acceptors (Lipinski definition) is 2. The van der Waals surface area contributed by atoms with E-state index in [1.54, 1.807) is 0 Å². The summed E-state index contributed by atoms with van der Waals surface area (Å²) in [6.07, 6.45) is 7.01. The Morgan fingerprint density at radius 2 is 2.05 bits per heavy atom. The third-order valence-corrected chi connectivity index (χ3v) is 6.11. The van der Waals surface area contributed by atoms with Crippen LogP contribution in [0.5, 0.6) is 0 Å². The van der Waals surface area contributed by atoms with Gasteiger partial charge in [0.05, 0.1) is 0 Å². The minimum absolute atomic E-state index is 0.748. The van der Waals surface area contributed by atoms with Crippen molar-refractivity contribution < 1.29 is 0 Å². The summed E-state index contributed by atoms with van der Waals surface area (Å²) in [5.74, 6) is 2.50. The second kappa shape index (κ2) is 7.80. The first kappa shape index (κ1) is 15.5. The van der Waals surface area contributed by atoms with E-state index in [4.69, 9.17) is 0 Å². The molecule has 0 radical (unpaired) electrons. The molecule has 108 valence electrons. The Kier molecular flexibility index (Phi) is 6.37. The molecule has 0 spiro atoms. The predicted octanol–water partition coefficient (Wildman–Crippen LogP) is 5.11. The number of thiophene rings is 1. The quantitative estimate of drug-likeness (QED) is 0.725. The van der Waals surface area contributed by atoms with Crippen LogP contribution in [0.3, 0.4) is 0 Å². The minimum atomic E-state index is 0.748. The van der Waals surface area contributed by atoms with Gasteiger partial charge in [0.1, 0.15) is 0 Å². The van der Waals surface area contributed by atoms with Crippen LogP contribution in [0.25, 0.3) is 0 Å². The molecule has 19 heavy (non-hydrogen) atoms. The molecule has 0 amide bonds. The van der Waals surface area contributed by atoms with Crippen LogP contribution in [0.1, 0.15) is 44.4 Å². The van der Waals surface area contributed by atoms with Gasteiger partial charge in [0, 0.05) is 9.35 Å². The highest BCUT2D eigenvalue weighted by atomic mass is 79.9. The molecular weight excluding hydrogens is 318 g/mol. The topological polar surface area (TPSA) is 12.0 Å². The summed E-state index contributed by atoms with van der Waals surface area (Å²) in [6, 6.07) is 2.19. The lowest BCUT2D eigenvalue weighted by atomic mass is 9.87. The normalized spacial score (nSPS) is 18.3. The Hall–Kier alpha value is 0.140. The van der Waals surface area contributed by atoms with Crippen LogP contribution in [-0.2, 0) is 6.42 Å². The summed E-state index contributed by atoms with van der Waals surface area (Å²) in [7, 11) is 0. The Bertz CT molecular complexity index is 369. The summed E-state index contributed by atoms with van der Waals surface area (Å²) in [5.41, 5.74) is 0. The van der Waals surface area contributed by atoms with E-state index in [0.717, 1.165) is 24.3 Å². The molecule has 1 fully saturated rings. The first-order valence-corrected chi connectivity index (χ1v) is 9.26. The van der Waals surface area contributed by atoms with E-state index in [0.29, 0.717) is 0 Å². The third-order valence-electron chi connectivity index (χ3n) is 4.16. The zero-order valence-corrected chi connectivity index (χ0v) is 14.5. The van der Waals surface area contributed by atoms with Crippen LogP contribution < -0.4 is 5.32 Å². The standard InChI is InChI=1S/C16H26BrNS/c1-12(2)10-18-11-14(13-5-3-4-6-13)9-16-15(17)7-8-19-16/h7-8,12-14,18H,3-6,9-11H2,1-2H3. The largest absolute Gasteiger partial charge is 0.316 e. The van der Waals surface area contributed by atoms with Gasteiger partial charge in [0.25, 0.3) is 0 Å². The zero-order chi connectivity index (χ0) is 13.7.